The molecule has 2 aromatic rings. The van der Waals surface area contributed by atoms with Crippen LogP contribution in [0.5, 0.6) is 0 Å². The summed E-state index contributed by atoms with van der Waals surface area (Å²) in [5.74, 6) is -0.493. The van der Waals surface area contributed by atoms with Crippen LogP contribution in [-0.4, -0.2) is 5.11 Å². The van der Waals surface area contributed by atoms with Crippen molar-refractivity contribution < 1.29 is 9.50 Å². The van der Waals surface area contributed by atoms with Gasteiger partial charge in [-0.1, -0.05) is 48.0 Å². The van der Waals surface area contributed by atoms with Crippen LogP contribution in [0, 0.1) is 5.82 Å². The molecule has 1 atom stereocenters. The van der Waals surface area contributed by atoms with Crippen LogP contribution in [0.2, 0.25) is 5.02 Å². The van der Waals surface area contributed by atoms with Crippen LogP contribution in [-0.2, 0) is 6.42 Å². The third-order valence-corrected chi connectivity index (χ3v) is 3.18. The Labute approximate surface area is 111 Å². The summed E-state index contributed by atoms with van der Waals surface area (Å²) in [6.45, 7) is 0. The fourth-order valence-electron chi connectivity index (χ4n) is 1.83. The van der Waals surface area contributed by atoms with Crippen LogP contribution in [0.1, 0.15) is 23.7 Å². The van der Waals surface area contributed by atoms with Crippen LogP contribution in [0.25, 0.3) is 0 Å². The third-order valence-electron chi connectivity index (χ3n) is 2.88. The van der Waals surface area contributed by atoms with Gasteiger partial charge in [-0.3, -0.25) is 0 Å². The molecule has 18 heavy (non-hydrogen) atoms. The maximum atomic E-state index is 13.3. The van der Waals surface area contributed by atoms with E-state index in [4.69, 9.17) is 11.6 Å². The van der Waals surface area contributed by atoms with Crippen molar-refractivity contribution in [2.75, 3.05) is 0 Å². The van der Waals surface area contributed by atoms with Crippen molar-refractivity contribution in [2.24, 2.45) is 0 Å². The second-order valence-electron chi connectivity index (χ2n) is 4.21. The molecule has 1 N–H and O–H groups in total. The van der Waals surface area contributed by atoms with E-state index in [2.05, 4.69) is 0 Å². The average molecular weight is 265 g/mol. The third kappa shape index (κ3) is 3.31. The summed E-state index contributed by atoms with van der Waals surface area (Å²) < 4.78 is 13.3. The van der Waals surface area contributed by atoms with E-state index in [0.717, 1.165) is 12.0 Å². The fraction of sp³-hybridized carbons (Fsp3) is 0.200. The number of aryl methyl sites for hydroxylation is 1. The lowest BCUT2D eigenvalue weighted by Gasteiger charge is -2.11. The van der Waals surface area contributed by atoms with Crippen LogP contribution < -0.4 is 0 Å². The minimum atomic E-state index is -0.669. The maximum absolute atomic E-state index is 13.3. The Balaban J connectivity index is 1.99. The molecule has 0 saturated carbocycles. The van der Waals surface area contributed by atoms with Gasteiger partial charge in [-0.15, -0.1) is 0 Å². The molecule has 0 radical (unpaired) electrons. The molecule has 1 nitrogen and oxygen atoms in total. The number of hydrogen-bond acceptors (Lipinski definition) is 1. The van der Waals surface area contributed by atoms with Crippen molar-refractivity contribution in [3.63, 3.8) is 0 Å². The number of halogens is 2. The van der Waals surface area contributed by atoms with Crippen molar-refractivity contribution in [1.29, 1.82) is 0 Å². The van der Waals surface area contributed by atoms with E-state index in [9.17, 15) is 9.50 Å². The van der Waals surface area contributed by atoms with Crippen LogP contribution in [0.15, 0.2) is 48.5 Å². The van der Waals surface area contributed by atoms with Crippen molar-refractivity contribution >= 4 is 11.6 Å². The molecule has 94 valence electrons. The van der Waals surface area contributed by atoms with E-state index < -0.39 is 11.9 Å². The van der Waals surface area contributed by atoms with E-state index in [1.807, 2.05) is 30.3 Å². The monoisotopic (exact) mass is 264 g/mol. The number of rotatable bonds is 4. The zero-order valence-electron chi connectivity index (χ0n) is 9.81. The standard InChI is InChI=1S/C15H14ClFO/c16-13-8-7-12(10-14(13)17)15(18)9-6-11-4-2-1-3-5-11/h1-5,7-8,10,15,18H,6,9H2. The second kappa shape index (κ2) is 5.98. The normalized spacial score (nSPS) is 12.4. The highest BCUT2D eigenvalue weighted by Gasteiger charge is 2.10. The highest BCUT2D eigenvalue weighted by Crippen LogP contribution is 2.23. The Morgan fingerprint density at radius 1 is 1.11 bits per heavy atom. The maximum Gasteiger partial charge on any atom is 0.142 e. The van der Waals surface area contributed by atoms with Gasteiger partial charge in [0.05, 0.1) is 11.1 Å². The van der Waals surface area contributed by atoms with Gasteiger partial charge < -0.3 is 5.11 Å². The minimum Gasteiger partial charge on any atom is -0.388 e. The van der Waals surface area contributed by atoms with E-state index in [0.29, 0.717) is 12.0 Å². The molecule has 0 aliphatic carbocycles. The topological polar surface area (TPSA) is 20.2 Å². The van der Waals surface area contributed by atoms with Crippen molar-refractivity contribution in [3.05, 3.63) is 70.5 Å². The predicted molar refractivity (Wildman–Crippen MR) is 71.1 cm³/mol. The summed E-state index contributed by atoms with van der Waals surface area (Å²) in [4.78, 5) is 0. The molecule has 2 aromatic carbocycles. The summed E-state index contributed by atoms with van der Waals surface area (Å²) in [5, 5.41) is 10.1. The van der Waals surface area contributed by atoms with Gasteiger partial charge in [-0.05, 0) is 36.1 Å². The Kier molecular flexibility index (Phi) is 4.34. The number of aliphatic hydroxyl groups excluding tert-OH is 1. The zero-order chi connectivity index (χ0) is 13.0. The molecular formula is C15H14ClFO. The highest BCUT2D eigenvalue weighted by molar-refractivity contribution is 6.30. The smallest absolute Gasteiger partial charge is 0.142 e. The van der Waals surface area contributed by atoms with Crippen LogP contribution >= 0.6 is 11.6 Å². The molecule has 0 aliphatic heterocycles. The number of hydrogen-bond donors (Lipinski definition) is 1. The first-order valence-electron chi connectivity index (χ1n) is 5.84. The van der Waals surface area contributed by atoms with Crippen LogP contribution in [0.4, 0.5) is 4.39 Å². The molecule has 2 rings (SSSR count). The highest BCUT2D eigenvalue weighted by atomic mass is 35.5. The average Bonchev–Trinajstić information content (AvgIpc) is 2.40. The summed E-state index contributed by atoms with van der Waals surface area (Å²) in [5.41, 5.74) is 1.72. The fourth-order valence-corrected chi connectivity index (χ4v) is 1.95. The van der Waals surface area contributed by atoms with Gasteiger partial charge in [-0.2, -0.15) is 0 Å². The molecule has 0 fully saturated rings. The lowest BCUT2D eigenvalue weighted by Crippen LogP contribution is -2.00. The van der Waals surface area contributed by atoms with Gasteiger partial charge in [0.15, 0.2) is 0 Å². The van der Waals surface area contributed by atoms with Crippen molar-refractivity contribution in [1.82, 2.24) is 0 Å². The minimum absolute atomic E-state index is 0.0778. The first-order valence-corrected chi connectivity index (χ1v) is 6.21. The van der Waals surface area contributed by atoms with E-state index in [1.165, 1.54) is 12.1 Å². The van der Waals surface area contributed by atoms with Gasteiger partial charge in [0.2, 0.25) is 0 Å². The molecule has 1 unspecified atom stereocenters. The Hall–Kier alpha value is -1.38. The lowest BCUT2D eigenvalue weighted by atomic mass is 10.0. The molecule has 3 heteroatoms. The first-order chi connectivity index (χ1) is 8.66. The van der Waals surface area contributed by atoms with Gasteiger partial charge in [-0.25, -0.2) is 4.39 Å². The zero-order valence-corrected chi connectivity index (χ0v) is 10.6. The van der Waals surface area contributed by atoms with Gasteiger partial charge in [0.25, 0.3) is 0 Å². The summed E-state index contributed by atoms with van der Waals surface area (Å²) >= 11 is 5.60. The lowest BCUT2D eigenvalue weighted by molar-refractivity contribution is 0.167. The second-order valence-corrected chi connectivity index (χ2v) is 4.62. The summed E-state index contributed by atoms with van der Waals surface area (Å²) in [7, 11) is 0. The van der Waals surface area contributed by atoms with E-state index in [-0.39, 0.29) is 5.02 Å². The first kappa shape index (κ1) is 13.1. The van der Waals surface area contributed by atoms with Gasteiger partial charge in [0.1, 0.15) is 5.82 Å². The van der Waals surface area contributed by atoms with Crippen LogP contribution in [0.3, 0.4) is 0 Å². The molecular weight excluding hydrogens is 251 g/mol. The molecule has 0 bridgehead atoms. The summed E-state index contributed by atoms with van der Waals surface area (Å²) in [6, 6.07) is 14.3. The Bertz CT molecular complexity index is 513. The van der Waals surface area contributed by atoms with Crippen molar-refractivity contribution in [2.45, 2.75) is 18.9 Å². The van der Waals surface area contributed by atoms with E-state index in [1.54, 1.807) is 6.07 Å². The molecule has 0 spiro atoms. The molecule has 0 aliphatic rings. The van der Waals surface area contributed by atoms with Gasteiger partial charge >= 0.3 is 0 Å². The molecule has 0 heterocycles. The van der Waals surface area contributed by atoms with E-state index >= 15 is 0 Å². The summed E-state index contributed by atoms with van der Waals surface area (Å²) in [6.07, 6.45) is 0.647. The number of benzene rings is 2. The SMILES string of the molecule is OC(CCc1ccccc1)c1ccc(Cl)c(F)c1. The largest absolute Gasteiger partial charge is 0.388 e. The Morgan fingerprint density at radius 2 is 1.83 bits per heavy atom. The predicted octanol–water partition coefficient (Wildman–Crippen LogP) is 4.15. The quantitative estimate of drug-likeness (QED) is 0.880. The molecule has 0 saturated heterocycles. The Morgan fingerprint density at radius 3 is 2.50 bits per heavy atom. The van der Waals surface area contributed by atoms with Crippen molar-refractivity contribution in [3.8, 4) is 0 Å². The number of aliphatic hydroxyl groups is 1. The van der Waals surface area contributed by atoms with Gasteiger partial charge in [0, 0.05) is 0 Å². The molecule has 0 amide bonds. The molecule has 0 aromatic heterocycles.